The lowest BCUT2D eigenvalue weighted by molar-refractivity contribution is 0.0690. The van der Waals surface area contributed by atoms with Crippen LogP contribution in [0.25, 0.3) is 0 Å². The van der Waals surface area contributed by atoms with Crippen LogP contribution >= 0.6 is 11.6 Å². The monoisotopic (exact) mass is 328 g/mol. The molecule has 3 rings (SSSR count). The van der Waals surface area contributed by atoms with Gasteiger partial charge in [-0.3, -0.25) is 4.79 Å². The number of fused-ring (bicyclic) bond motifs is 1. The first-order valence-corrected chi connectivity index (χ1v) is 8.30. The molecule has 1 aliphatic heterocycles. The number of carbonyl (C=O) groups is 1. The Kier molecular flexibility index (Phi) is 4.69. The average Bonchev–Trinajstić information content (AvgIpc) is 2.99. The fourth-order valence-electron chi connectivity index (χ4n) is 2.91. The number of carbonyl (C=O) groups excluding carboxylic acids is 1. The Hall–Kier alpha value is -1.84. The van der Waals surface area contributed by atoms with Crippen molar-refractivity contribution in [2.45, 2.75) is 39.5 Å². The number of hydrogen-bond donors (Lipinski definition) is 1. The number of halogens is 1. The van der Waals surface area contributed by atoms with Crippen LogP contribution < -0.4 is 5.32 Å². The molecular formula is C19H21ClN2O. The minimum atomic E-state index is 0.0645. The smallest absolute Gasteiger partial charge is 0.254 e. The zero-order valence-corrected chi connectivity index (χ0v) is 14.2. The van der Waals surface area contributed by atoms with Crippen LogP contribution in [0.5, 0.6) is 0 Å². The fourth-order valence-corrected chi connectivity index (χ4v) is 3.13. The molecule has 1 N–H and O–H groups in total. The zero-order valence-electron chi connectivity index (χ0n) is 13.5. The molecule has 23 heavy (non-hydrogen) atoms. The summed E-state index contributed by atoms with van der Waals surface area (Å²) in [5.74, 6) is 0.0645. The van der Waals surface area contributed by atoms with E-state index in [0.29, 0.717) is 11.6 Å². The van der Waals surface area contributed by atoms with Gasteiger partial charge in [0.2, 0.25) is 0 Å². The molecule has 0 aliphatic carbocycles. The number of nitrogens with zero attached hydrogens (tertiary/aromatic N) is 1. The Morgan fingerprint density at radius 2 is 1.96 bits per heavy atom. The van der Waals surface area contributed by atoms with Gasteiger partial charge < -0.3 is 10.2 Å². The van der Waals surface area contributed by atoms with Crippen molar-refractivity contribution < 1.29 is 4.79 Å². The van der Waals surface area contributed by atoms with E-state index < -0.39 is 0 Å². The van der Waals surface area contributed by atoms with Gasteiger partial charge in [-0.05, 0) is 54.8 Å². The summed E-state index contributed by atoms with van der Waals surface area (Å²) in [6.07, 6.45) is 0. The van der Waals surface area contributed by atoms with Gasteiger partial charge >= 0.3 is 0 Å². The van der Waals surface area contributed by atoms with Crippen molar-refractivity contribution in [1.29, 1.82) is 0 Å². The molecule has 0 aromatic heterocycles. The maximum atomic E-state index is 12.9. The van der Waals surface area contributed by atoms with E-state index in [1.807, 2.05) is 55.1 Å². The largest absolute Gasteiger partial charge is 0.332 e. The van der Waals surface area contributed by atoms with Crippen molar-refractivity contribution >= 4 is 17.5 Å². The summed E-state index contributed by atoms with van der Waals surface area (Å²) >= 11 is 6.06. The number of hydrogen-bond acceptors (Lipinski definition) is 2. The molecule has 0 bridgehead atoms. The summed E-state index contributed by atoms with van der Waals surface area (Å²) in [5, 5.41) is 4.01. The third kappa shape index (κ3) is 3.57. The quantitative estimate of drug-likeness (QED) is 0.920. The first kappa shape index (κ1) is 16.0. The predicted octanol–water partition coefficient (Wildman–Crippen LogP) is 3.99. The molecule has 0 atom stereocenters. The van der Waals surface area contributed by atoms with E-state index in [2.05, 4.69) is 11.4 Å². The molecule has 1 amide bonds. The van der Waals surface area contributed by atoms with E-state index in [0.717, 1.165) is 24.2 Å². The highest BCUT2D eigenvalue weighted by atomic mass is 35.5. The molecule has 3 nitrogen and oxygen atoms in total. The molecule has 0 saturated carbocycles. The van der Waals surface area contributed by atoms with Gasteiger partial charge in [0.1, 0.15) is 0 Å². The fraction of sp³-hybridized carbons (Fsp3) is 0.316. The predicted molar refractivity (Wildman–Crippen MR) is 93.4 cm³/mol. The Bertz CT molecular complexity index is 727. The Balaban J connectivity index is 1.84. The number of benzene rings is 2. The first-order valence-electron chi connectivity index (χ1n) is 7.92. The third-order valence-electron chi connectivity index (χ3n) is 4.21. The van der Waals surface area contributed by atoms with Gasteiger partial charge in [-0.1, -0.05) is 29.8 Å². The molecule has 0 saturated heterocycles. The van der Waals surface area contributed by atoms with Crippen LogP contribution in [0.15, 0.2) is 42.5 Å². The van der Waals surface area contributed by atoms with Crippen LogP contribution in [-0.4, -0.2) is 16.8 Å². The van der Waals surface area contributed by atoms with Crippen molar-refractivity contribution in [2.24, 2.45) is 0 Å². The van der Waals surface area contributed by atoms with Gasteiger partial charge in [-0.25, -0.2) is 0 Å². The van der Waals surface area contributed by atoms with Gasteiger partial charge in [0, 0.05) is 36.3 Å². The van der Waals surface area contributed by atoms with E-state index in [-0.39, 0.29) is 11.9 Å². The van der Waals surface area contributed by atoms with Crippen LogP contribution in [0, 0.1) is 0 Å². The number of nitrogens with one attached hydrogen (secondary N) is 1. The summed E-state index contributed by atoms with van der Waals surface area (Å²) in [6.45, 7) is 6.37. The molecule has 4 heteroatoms. The van der Waals surface area contributed by atoms with Gasteiger partial charge in [-0.15, -0.1) is 0 Å². The second-order valence-corrected chi connectivity index (χ2v) is 6.68. The Morgan fingerprint density at radius 1 is 1.17 bits per heavy atom. The van der Waals surface area contributed by atoms with Gasteiger partial charge in [-0.2, -0.15) is 0 Å². The van der Waals surface area contributed by atoms with Crippen LogP contribution in [0.1, 0.15) is 40.9 Å². The lowest BCUT2D eigenvalue weighted by Crippen LogP contribution is -2.36. The van der Waals surface area contributed by atoms with Gasteiger partial charge in [0.05, 0.1) is 0 Å². The number of rotatable bonds is 4. The van der Waals surface area contributed by atoms with E-state index in [4.69, 9.17) is 11.6 Å². The normalized spacial score (nSPS) is 13.2. The zero-order chi connectivity index (χ0) is 16.4. The lowest BCUT2D eigenvalue weighted by atomic mass is 10.0. The first-order chi connectivity index (χ1) is 11.0. The standard InChI is InChI=1S/C19H21ClN2O/c1-13(2)22(12-14-4-3-5-18(20)8-14)19(23)15-6-7-16-10-21-11-17(16)9-15/h3-9,13,21H,10-12H2,1-2H3. The highest BCUT2D eigenvalue weighted by Gasteiger charge is 2.21. The molecule has 0 radical (unpaired) electrons. The maximum absolute atomic E-state index is 12.9. The van der Waals surface area contributed by atoms with E-state index in [1.165, 1.54) is 11.1 Å². The molecule has 2 aromatic rings. The summed E-state index contributed by atoms with van der Waals surface area (Å²) in [5.41, 5.74) is 4.31. The summed E-state index contributed by atoms with van der Waals surface area (Å²) in [4.78, 5) is 14.8. The van der Waals surface area contributed by atoms with Crippen LogP contribution in [0.2, 0.25) is 5.02 Å². The van der Waals surface area contributed by atoms with Crippen molar-refractivity contribution in [1.82, 2.24) is 10.2 Å². The minimum absolute atomic E-state index is 0.0645. The van der Waals surface area contributed by atoms with Crippen molar-refractivity contribution in [3.8, 4) is 0 Å². The van der Waals surface area contributed by atoms with Gasteiger partial charge in [0.25, 0.3) is 5.91 Å². The number of amides is 1. The summed E-state index contributed by atoms with van der Waals surface area (Å²) in [6, 6.07) is 13.8. The SMILES string of the molecule is CC(C)N(Cc1cccc(Cl)c1)C(=O)c1ccc2c(c1)CNC2. The lowest BCUT2D eigenvalue weighted by Gasteiger charge is -2.27. The Morgan fingerprint density at radius 3 is 2.70 bits per heavy atom. The topological polar surface area (TPSA) is 32.3 Å². The summed E-state index contributed by atoms with van der Waals surface area (Å²) < 4.78 is 0. The molecule has 1 aliphatic rings. The Labute approximate surface area is 142 Å². The minimum Gasteiger partial charge on any atom is -0.332 e. The molecule has 0 unspecified atom stereocenters. The van der Waals surface area contributed by atoms with E-state index in [1.54, 1.807) is 0 Å². The second-order valence-electron chi connectivity index (χ2n) is 6.24. The maximum Gasteiger partial charge on any atom is 0.254 e. The average molecular weight is 329 g/mol. The van der Waals surface area contributed by atoms with Crippen LogP contribution in [0.4, 0.5) is 0 Å². The van der Waals surface area contributed by atoms with Crippen molar-refractivity contribution in [3.05, 3.63) is 69.7 Å². The molecular weight excluding hydrogens is 308 g/mol. The molecule has 2 aromatic carbocycles. The van der Waals surface area contributed by atoms with Crippen molar-refractivity contribution in [2.75, 3.05) is 0 Å². The molecule has 1 heterocycles. The van der Waals surface area contributed by atoms with Gasteiger partial charge in [0.15, 0.2) is 0 Å². The van der Waals surface area contributed by atoms with Crippen LogP contribution in [-0.2, 0) is 19.6 Å². The van der Waals surface area contributed by atoms with E-state index in [9.17, 15) is 4.79 Å². The molecule has 120 valence electrons. The highest BCUT2D eigenvalue weighted by molar-refractivity contribution is 6.30. The highest BCUT2D eigenvalue weighted by Crippen LogP contribution is 2.20. The van der Waals surface area contributed by atoms with E-state index >= 15 is 0 Å². The van der Waals surface area contributed by atoms with Crippen LogP contribution in [0.3, 0.4) is 0 Å². The molecule has 0 spiro atoms. The second kappa shape index (κ2) is 6.73. The summed E-state index contributed by atoms with van der Waals surface area (Å²) in [7, 11) is 0. The van der Waals surface area contributed by atoms with Crippen molar-refractivity contribution in [3.63, 3.8) is 0 Å². The molecule has 0 fully saturated rings. The third-order valence-corrected chi connectivity index (χ3v) is 4.45.